The Hall–Kier alpha value is -3.37. The number of anilines is 4. The van der Waals surface area contributed by atoms with Crippen LogP contribution in [0.15, 0.2) is 24.4 Å². The van der Waals surface area contributed by atoms with Gasteiger partial charge in [0.25, 0.3) is 0 Å². The van der Waals surface area contributed by atoms with E-state index in [1.54, 1.807) is 4.90 Å². The summed E-state index contributed by atoms with van der Waals surface area (Å²) in [7, 11) is 0. The maximum absolute atomic E-state index is 15.7. The van der Waals surface area contributed by atoms with E-state index in [0.717, 1.165) is 61.9 Å². The number of carbonyl (C=O) groups excluding carboxylic acids is 1. The van der Waals surface area contributed by atoms with E-state index in [2.05, 4.69) is 15.9 Å². The van der Waals surface area contributed by atoms with Gasteiger partial charge in [0.15, 0.2) is 0 Å². The lowest BCUT2D eigenvalue weighted by molar-refractivity contribution is -0.119. The third-order valence-corrected chi connectivity index (χ3v) is 8.97. The molecule has 3 fully saturated rings. The lowest BCUT2D eigenvalue weighted by atomic mass is 9.78. The molecule has 0 saturated carbocycles. The number of piperidine rings is 1. The summed E-state index contributed by atoms with van der Waals surface area (Å²) in [6.45, 7) is 7.13. The minimum atomic E-state index is -0.692. The molecule has 1 amide bonds. The van der Waals surface area contributed by atoms with E-state index in [1.807, 2.05) is 13.1 Å². The predicted octanol–water partition coefficient (Wildman–Crippen LogP) is 4.77. The van der Waals surface area contributed by atoms with Gasteiger partial charge in [-0.15, -0.1) is 0 Å². The molecule has 4 aliphatic rings. The number of halogens is 2. The van der Waals surface area contributed by atoms with Crippen LogP contribution in [0.4, 0.5) is 31.7 Å². The Kier molecular flexibility index (Phi) is 6.35. The highest BCUT2D eigenvalue weighted by molar-refractivity contribution is 6.03. The quantitative estimate of drug-likeness (QED) is 0.466. The summed E-state index contributed by atoms with van der Waals surface area (Å²) in [5.74, 6) is -0.891. The molecule has 40 heavy (non-hydrogen) atoms. The number of fused-ring (bicyclic) bond motifs is 3. The van der Waals surface area contributed by atoms with E-state index in [9.17, 15) is 9.18 Å². The molecule has 4 aliphatic heterocycles. The fourth-order valence-electron chi connectivity index (χ4n) is 6.87. The van der Waals surface area contributed by atoms with Crippen LogP contribution < -0.4 is 14.7 Å². The van der Waals surface area contributed by atoms with Gasteiger partial charge in [0.05, 0.1) is 53.1 Å². The Labute approximate surface area is 231 Å². The van der Waals surface area contributed by atoms with Crippen LogP contribution in [0.2, 0.25) is 0 Å². The Morgan fingerprint density at radius 3 is 2.50 bits per heavy atom. The van der Waals surface area contributed by atoms with Crippen LogP contribution in [0.1, 0.15) is 43.4 Å². The summed E-state index contributed by atoms with van der Waals surface area (Å²) in [6.07, 6.45) is 5.68. The van der Waals surface area contributed by atoms with Gasteiger partial charge < -0.3 is 19.3 Å². The number of benzene rings is 1. The van der Waals surface area contributed by atoms with Crippen LogP contribution in [-0.2, 0) is 19.7 Å². The smallest absolute Gasteiger partial charge is 0.228 e. The van der Waals surface area contributed by atoms with Crippen molar-refractivity contribution >= 4 is 39.7 Å². The molecule has 2 aromatic heterocycles. The van der Waals surface area contributed by atoms with Crippen molar-refractivity contribution in [2.75, 3.05) is 67.3 Å². The first-order valence-corrected chi connectivity index (χ1v) is 14.2. The van der Waals surface area contributed by atoms with E-state index < -0.39 is 11.6 Å². The molecular weight excluding hydrogens is 516 g/mol. The molecule has 6 heterocycles. The summed E-state index contributed by atoms with van der Waals surface area (Å²) in [5, 5.41) is 0.263. The number of pyridine rings is 2. The molecule has 7 rings (SSSR count). The van der Waals surface area contributed by atoms with Gasteiger partial charge in [-0.2, -0.15) is 0 Å². The number of aromatic nitrogens is 2. The van der Waals surface area contributed by atoms with Gasteiger partial charge in [-0.1, -0.05) is 0 Å². The SMILES string of the molecule is Cc1c(N2CCCCC2=O)nc2cc(F)cc(F)c2c1N1CC2(CCOCC2)c2ncc(N3CCOCC3)cc21. The van der Waals surface area contributed by atoms with Gasteiger partial charge in [0.2, 0.25) is 5.91 Å². The van der Waals surface area contributed by atoms with Crippen molar-refractivity contribution in [3.63, 3.8) is 0 Å². The average molecular weight is 550 g/mol. The van der Waals surface area contributed by atoms with Gasteiger partial charge in [0, 0.05) is 68.9 Å². The minimum Gasteiger partial charge on any atom is -0.381 e. The number of hydrogen-bond donors (Lipinski definition) is 0. The fraction of sp³-hybridized carbons (Fsp3) is 0.500. The van der Waals surface area contributed by atoms with E-state index in [0.29, 0.717) is 63.0 Å². The zero-order chi connectivity index (χ0) is 27.4. The zero-order valence-corrected chi connectivity index (χ0v) is 22.7. The standard InChI is InChI=1S/C30H33F2N5O3/c1-19-27(26-22(32)14-20(31)15-23(26)34-29(19)36-7-3-2-4-25(36)38)37-18-30(5-10-39-11-6-30)28-24(37)16-21(17-33-28)35-8-12-40-13-9-35/h14-17H,2-13,18H2,1H3. The monoisotopic (exact) mass is 549 g/mol. The zero-order valence-electron chi connectivity index (χ0n) is 22.7. The number of morpholine rings is 1. The van der Waals surface area contributed by atoms with E-state index in [-0.39, 0.29) is 22.2 Å². The van der Waals surface area contributed by atoms with Gasteiger partial charge >= 0.3 is 0 Å². The average Bonchev–Trinajstić information content (AvgIpc) is 3.26. The Bertz CT molecular complexity index is 1490. The molecule has 0 aliphatic carbocycles. The number of amides is 1. The topological polar surface area (TPSA) is 71.0 Å². The second kappa shape index (κ2) is 9.92. The van der Waals surface area contributed by atoms with Crippen LogP contribution in [0, 0.1) is 18.6 Å². The van der Waals surface area contributed by atoms with Gasteiger partial charge in [-0.25, -0.2) is 13.8 Å². The number of ether oxygens (including phenoxy) is 2. The number of nitrogens with zero attached hydrogens (tertiary/aromatic N) is 5. The van der Waals surface area contributed by atoms with Crippen molar-refractivity contribution in [3.8, 4) is 0 Å². The third-order valence-electron chi connectivity index (χ3n) is 8.97. The molecular formula is C30H33F2N5O3. The first-order chi connectivity index (χ1) is 19.4. The predicted molar refractivity (Wildman–Crippen MR) is 149 cm³/mol. The molecule has 210 valence electrons. The normalized spacial score (nSPS) is 21.0. The Morgan fingerprint density at radius 2 is 1.73 bits per heavy atom. The molecule has 0 unspecified atom stereocenters. The maximum Gasteiger partial charge on any atom is 0.228 e. The van der Waals surface area contributed by atoms with Crippen LogP contribution in [0.3, 0.4) is 0 Å². The first-order valence-electron chi connectivity index (χ1n) is 14.2. The maximum atomic E-state index is 15.7. The molecule has 1 spiro atoms. The Morgan fingerprint density at radius 1 is 0.950 bits per heavy atom. The highest BCUT2D eigenvalue weighted by Gasteiger charge is 2.47. The second-order valence-electron chi connectivity index (χ2n) is 11.3. The molecule has 1 aromatic carbocycles. The molecule has 3 aromatic rings. The highest BCUT2D eigenvalue weighted by Crippen LogP contribution is 2.52. The van der Waals surface area contributed by atoms with Crippen molar-refractivity contribution in [3.05, 3.63) is 47.3 Å². The molecule has 3 saturated heterocycles. The van der Waals surface area contributed by atoms with Crippen molar-refractivity contribution in [1.29, 1.82) is 0 Å². The fourth-order valence-corrected chi connectivity index (χ4v) is 6.87. The number of rotatable bonds is 3. The molecule has 0 N–H and O–H groups in total. The second-order valence-corrected chi connectivity index (χ2v) is 11.3. The first kappa shape index (κ1) is 25.6. The molecule has 0 radical (unpaired) electrons. The largest absolute Gasteiger partial charge is 0.381 e. The van der Waals surface area contributed by atoms with Crippen LogP contribution in [0.25, 0.3) is 10.9 Å². The van der Waals surface area contributed by atoms with E-state index in [4.69, 9.17) is 19.4 Å². The lowest BCUT2D eigenvalue weighted by Crippen LogP contribution is -2.39. The van der Waals surface area contributed by atoms with E-state index >= 15 is 4.39 Å². The van der Waals surface area contributed by atoms with Crippen LogP contribution >= 0.6 is 0 Å². The minimum absolute atomic E-state index is 0.0111. The van der Waals surface area contributed by atoms with Crippen molar-refractivity contribution in [2.45, 2.75) is 44.4 Å². The van der Waals surface area contributed by atoms with Gasteiger partial charge in [-0.05, 0) is 38.7 Å². The van der Waals surface area contributed by atoms with Crippen molar-refractivity contribution < 1.29 is 23.0 Å². The van der Waals surface area contributed by atoms with Crippen LogP contribution in [0.5, 0.6) is 0 Å². The molecule has 0 atom stereocenters. The summed E-state index contributed by atoms with van der Waals surface area (Å²) >= 11 is 0. The van der Waals surface area contributed by atoms with Crippen molar-refractivity contribution in [1.82, 2.24) is 9.97 Å². The summed E-state index contributed by atoms with van der Waals surface area (Å²) in [4.78, 5) is 28.8. The Balaban J connectivity index is 1.45. The summed E-state index contributed by atoms with van der Waals surface area (Å²) in [5.41, 5.74) is 4.18. The summed E-state index contributed by atoms with van der Waals surface area (Å²) in [6, 6.07) is 4.34. The molecule has 10 heteroatoms. The van der Waals surface area contributed by atoms with Crippen molar-refractivity contribution in [2.24, 2.45) is 0 Å². The lowest BCUT2D eigenvalue weighted by Gasteiger charge is -2.34. The van der Waals surface area contributed by atoms with Gasteiger partial charge in [-0.3, -0.25) is 14.7 Å². The summed E-state index contributed by atoms with van der Waals surface area (Å²) < 4.78 is 41.6. The van der Waals surface area contributed by atoms with Gasteiger partial charge in [0.1, 0.15) is 17.5 Å². The number of hydrogen-bond acceptors (Lipinski definition) is 7. The highest BCUT2D eigenvalue weighted by atomic mass is 19.1. The van der Waals surface area contributed by atoms with E-state index in [1.165, 1.54) is 6.07 Å². The molecule has 0 bridgehead atoms. The third kappa shape index (κ3) is 4.11. The number of carbonyl (C=O) groups is 1. The molecule has 8 nitrogen and oxygen atoms in total. The van der Waals surface area contributed by atoms with Crippen LogP contribution in [-0.4, -0.2) is 68.5 Å².